The minimum Gasteiger partial charge on any atom is -0.506 e. The number of hydrogen-bond acceptors (Lipinski definition) is 9. The second-order valence-electron chi connectivity index (χ2n) is 11.3. The van der Waals surface area contributed by atoms with E-state index in [0.29, 0.717) is 30.1 Å². The number of primary amides is 1. The Balaban J connectivity index is 1.37. The van der Waals surface area contributed by atoms with E-state index in [0.717, 1.165) is 24.2 Å². The van der Waals surface area contributed by atoms with Gasteiger partial charge in [0.15, 0.2) is 0 Å². The summed E-state index contributed by atoms with van der Waals surface area (Å²) in [5.74, 6) is -3.31. The molecule has 18 heteroatoms. The SMILES string of the molecule is CN1CCOC2CN(c3cc(NC(=O)Cn4cc(-c5cc(Cl)c(O)c(C(N)=O)c5)c5c(=O)n(C)c(C(F)(F)F)nc54)c(Cl)cn3)CC21. The molecule has 4 N–H and O–H groups in total. The predicted octanol–water partition coefficient (Wildman–Crippen LogP) is 3.09. The zero-order valence-corrected chi connectivity index (χ0v) is 26.3. The van der Waals surface area contributed by atoms with E-state index < -0.39 is 47.3 Å². The molecule has 248 valence electrons. The lowest BCUT2D eigenvalue weighted by Crippen LogP contribution is -2.48. The van der Waals surface area contributed by atoms with Crippen LogP contribution < -0.4 is 21.5 Å². The second kappa shape index (κ2) is 12.0. The molecule has 47 heavy (non-hydrogen) atoms. The highest BCUT2D eigenvalue weighted by Crippen LogP contribution is 2.37. The van der Waals surface area contributed by atoms with Crippen LogP contribution in [0.3, 0.4) is 0 Å². The Labute approximate surface area is 274 Å². The third-order valence-corrected chi connectivity index (χ3v) is 8.91. The van der Waals surface area contributed by atoms with Gasteiger partial charge in [-0.25, -0.2) is 9.97 Å². The highest BCUT2D eigenvalue weighted by Gasteiger charge is 2.40. The molecule has 2 fully saturated rings. The van der Waals surface area contributed by atoms with Crippen LogP contribution >= 0.6 is 23.2 Å². The van der Waals surface area contributed by atoms with E-state index in [2.05, 4.69) is 20.2 Å². The molecule has 0 aliphatic carbocycles. The lowest BCUT2D eigenvalue weighted by atomic mass is 10.0. The van der Waals surface area contributed by atoms with Gasteiger partial charge < -0.3 is 30.4 Å². The average molecular weight is 695 g/mol. The minimum atomic E-state index is -5.01. The van der Waals surface area contributed by atoms with Gasteiger partial charge in [0.05, 0.1) is 51.6 Å². The normalized spacial score (nSPS) is 18.5. The molecule has 2 amide bonds. The number of anilines is 2. The van der Waals surface area contributed by atoms with Gasteiger partial charge in [0, 0.05) is 44.5 Å². The molecule has 1 aromatic carbocycles. The number of carbonyl (C=O) groups is 2. The minimum absolute atomic E-state index is 0.00839. The van der Waals surface area contributed by atoms with Crippen molar-refractivity contribution in [3.8, 4) is 16.9 Å². The van der Waals surface area contributed by atoms with Gasteiger partial charge in [-0.1, -0.05) is 23.2 Å². The smallest absolute Gasteiger partial charge is 0.449 e. The van der Waals surface area contributed by atoms with Crippen molar-refractivity contribution in [1.82, 2.24) is 24.0 Å². The van der Waals surface area contributed by atoms with Gasteiger partial charge in [0.1, 0.15) is 23.8 Å². The summed E-state index contributed by atoms with van der Waals surface area (Å²) < 4.78 is 49.0. The molecular weight excluding hydrogens is 668 g/mol. The number of alkyl halides is 3. The van der Waals surface area contributed by atoms with Crippen LogP contribution in [0.1, 0.15) is 16.2 Å². The number of nitrogens with two attached hydrogens (primary N) is 1. The number of morpholine rings is 1. The van der Waals surface area contributed by atoms with Crippen LogP contribution in [0.15, 0.2) is 35.4 Å². The number of aromatic nitrogens is 4. The van der Waals surface area contributed by atoms with E-state index >= 15 is 0 Å². The first-order valence-corrected chi connectivity index (χ1v) is 14.9. The summed E-state index contributed by atoms with van der Waals surface area (Å²) in [5, 5.41) is 12.4. The molecule has 0 spiro atoms. The van der Waals surface area contributed by atoms with Crippen molar-refractivity contribution < 1.29 is 32.6 Å². The van der Waals surface area contributed by atoms with Crippen LogP contribution in [0.25, 0.3) is 22.2 Å². The molecule has 13 nitrogen and oxygen atoms in total. The maximum Gasteiger partial charge on any atom is 0.449 e. The number of fused-ring (bicyclic) bond motifs is 2. The first-order valence-electron chi connectivity index (χ1n) is 14.2. The zero-order valence-electron chi connectivity index (χ0n) is 24.8. The summed E-state index contributed by atoms with van der Waals surface area (Å²) in [4.78, 5) is 51.1. The standard InChI is InChI=1S/C29H27Cl2F3N8O5/c1-39-3-4-47-20-11-41(10-19(20)39)21-7-18(17(31)8-36-21)37-22(43)12-42-9-15(13-5-14(25(35)45)24(44)16(30)6-13)23-26(42)38-28(29(32,33)34)40(2)27(23)46/h5-9,19-20,44H,3-4,10-12H2,1-2H3,(H2,35,45)(H,36,37,43). The highest BCUT2D eigenvalue weighted by molar-refractivity contribution is 6.34. The zero-order chi connectivity index (χ0) is 33.9. The number of rotatable bonds is 6. The fourth-order valence-corrected chi connectivity index (χ4v) is 6.31. The van der Waals surface area contributed by atoms with Crippen molar-refractivity contribution in [1.29, 1.82) is 0 Å². The van der Waals surface area contributed by atoms with Crippen LogP contribution in [-0.2, 0) is 29.3 Å². The molecular formula is C29H27Cl2F3N8O5. The van der Waals surface area contributed by atoms with E-state index in [4.69, 9.17) is 33.7 Å². The predicted molar refractivity (Wildman–Crippen MR) is 167 cm³/mol. The molecule has 0 radical (unpaired) electrons. The number of likely N-dealkylation sites (N-methyl/N-ethyl adjacent to an activating group) is 1. The maximum atomic E-state index is 13.9. The molecule has 2 aliphatic rings. The van der Waals surface area contributed by atoms with Crippen LogP contribution in [0.4, 0.5) is 24.7 Å². The van der Waals surface area contributed by atoms with Gasteiger partial charge in [-0.3, -0.25) is 23.9 Å². The third-order valence-electron chi connectivity index (χ3n) is 8.32. The fraction of sp³-hybridized carbons (Fsp3) is 0.345. The number of nitrogens with one attached hydrogen (secondary N) is 1. The van der Waals surface area contributed by atoms with Crippen LogP contribution in [0, 0.1) is 0 Å². The third kappa shape index (κ3) is 5.97. The van der Waals surface area contributed by atoms with Gasteiger partial charge >= 0.3 is 6.18 Å². The molecule has 2 saturated heterocycles. The van der Waals surface area contributed by atoms with Crippen molar-refractivity contribution in [3.63, 3.8) is 0 Å². The van der Waals surface area contributed by atoms with Crippen molar-refractivity contribution >= 4 is 57.6 Å². The van der Waals surface area contributed by atoms with Gasteiger partial charge in [0.2, 0.25) is 11.7 Å². The molecule has 2 aliphatic heterocycles. The van der Waals surface area contributed by atoms with Gasteiger partial charge in [-0.05, 0) is 24.7 Å². The molecule has 0 saturated carbocycles. The average Bonchev–Trinajstić information content (AvgIpc) is 3.59. The monoisotopic (exact) mass is 694 g/mol. The summed E-state index contributed by atoms with van der Waals surface area (Å²) in [7, 11) is 2.93. The van der Waals surface area contributed by atoms with Gasteiger partial charge in [0.25, 0.3) is 11.5 Å². The van der Waals surface area contributed by atoms with E-state index in [1.807, 2.05) is 11.9 Å². The Hall–Kier alpha value is -4.38. The Morgan fingerprint density at radius 1 is 1.17 bits per heavy atom. The lowest BCUT2D eigenvalue weighted by Gasteiger charge is -2.33. The Morgan fingerprint density at radius 2 is 1.91 bits per heavy atom. The molecule has 0 bridgehead atoms. The summed E-state index contributed by atoms with van der Waals surface area (Å²) >= 11 is 12.5. The maximum absolute atomic E-state index is 13.9. The van der Waals surface area contributed by atoms with E-state index in [-0.39, 0.29) is 50.0 Å². The molecule has 2 unspecified atom stereocenters. The van der Waals surface area contributed by atoms with Gasteiger partial charge in [-0.15, -0.1) is 0 Å². The molecule has 5 heterocycles. The number of ether oxygens (including phenoxy) is 1. The van der Waals surface area contributed by atoms with Crippen molar-refractivity contribution in [2.45, 2.75) is 24.9 Å². The lowest BCUT2D eigenvalue weighted by molar-refractivity contribution is -0.147. The Bertz CT molecular complexity index is 2000. The molecule has 6 rings (SSSR count). The number of hydrogen-bond donors (Lipinski definition) is 3. The number of benzene rings is 1. The summed E-state index contributed by atoms with van der Waals surface area (Å²) in [6.45, 7) is 2.05. The number of amides is 2. The highest BCUT2D eigenvalue weighted by atomic mass is 35.5. The largest absolute Gasteiger partial charge is 0.506 e. The van der Waals surface area contributed by atoms with Crippen LogP contribution in [-0.4, -0.2) is 86.4 Å². The quantitative estimate of drug-likeness (QED) is 0.276. The number of phenols is 1. The van der Waals surface area contributed by atoms with E-state index in [9.17, 15) is 32.7 Å². The fourth-order valence-electron chi connectivity index (χ4n) is 5.94. The van der Waals surface area contributed by atoms with Crippen LogP contribution in [0.5, 0.6) is 5.75 Å². The van der Waals surface area contributed by atoms with Crippen molar-refractivity contribution in [2.24, 2.45) is 12.8 Å². The number of halogens is 5. The van der Waals surface area contributed by atoms with E-state index in [1.54, 1.807) is 6.07 Å². The Morgan fingerprint density at radius 3 is 2.60 bits per heavy atom. The van der Waals surface area contributed by atoms with Crippen molar-refractivity contribution in [2.75, 3.05) is 43.5 Å². The van der Waals surface area contributed by atoms with Gasteiger partial charge in [-0.2, -0.15) is 13.2 Å². The number of aromatic hydroxyl groups is 1. The molecule has 4 aromatic rings. The topological polar surface area (TPSA) is 161 Å². The number of carbonyl (C=O) groups excluding carboxylic acids is 2. The Kier molecular flexibility index (Phi) is 8.32. The summed E-state index contributed by atoms with van der Waals surface area (Å²) in [5.41, 5.74) is 3.70. The molecule has 2 atom stereocenters. The van der Waals surface area contributed by atoms with E-state index in [1.165, 1.54) is 18.5 Å². The number of pyridine rings is 1. The van der Waals surface area contributed by atoms with Crippen LogP contribution in [0.2, 0.25) is 10.0 Å². The molecule has 3 aromatic heterocycles. The van der Waals surface area contributed by atoms with Crippen molar-refractivity contribution in [3.05, 3.63) is 62.4 Å². The second-order valence-corrected chi connectivity index (χ2v) is 12.1. The number of nitrogens with zero attached hydrogens (tertiary/aromatic N) is 6. The summed E-state index contributed by atoms with van der Waals surface area (Å²) in [6.07, 6.45) is -2.40. The summed E-state index contributed by atoms with van der Waals surface area (Å²) in [6, 6.07) is 4.10. The first kappa shape index (κ1) is 32.6. The first-order chi connectivity index (χ1) is 22.1.